The Kier molecular flexibility index (Phi) is 4.30. The Morgan fingerprint density at radius 2 is 2.10 bits per heavy atom. The van der Waals surface area contributed by atoms with E-state index in [2.05, 4.69) is 0 Å². The number of hydrogen-bond donors (Lipinski definition) is 1. The molecule has 1 aromatic carbocycles. The Labute approximate surface area is 131 Å². The molecule has 0 bridgehead atoms. The van der Waals surface area contributed by atoms with Gasteiger partial charge in [-0.05, 0) is 25.3 Å². The Hall–Kier alpha value is -1.53. The van der Waals surface area contributed by atoms with Crippen molar-refractivity contribution in [2.75, 3.05) is 11.4 Å². The van der Waals surface area contributed by atoms with Crippen LogP contribution in [0.3, 0.4) is 0 Å². The molecule has 1 aromatic rings. The van der Waals surface area contributed by atoms with Crippen molar-refractivity contribution in [2.24, 2.45) is 0 Å². The third kappa shape index (κ3) is 2.53. The number of aliphatic carboxylic acids is 1. The van der Waals surface area contributed by atoms with E-state index >= 15 is 0 Å². The van der Waals surface area contributed by atoms with E-state index in [4.69, 9.17) is 23.2 Å². The number of carboxylic acids is 1. The lowest BCUT2D eigenvalue weighted by Crippen LogP contribution is -2.50. The van der Waals surface area contributed by atoms with Crippen LogP contribution in [-0.4, -0.2) is 28.1 Å². The quantitative estimate of drug-likeness (QED) is 0.670. The van der Waals surface area contributed by atoms with Crippen molar-refractivity contribution in [3.05, 3.63) is 32.3 Å². The Balaban J connectivity index is 2.62. The van der Waals surface area contributed by atoms with Crippen LogP contribution in [0.2, 0.25) is 10.0 Å². The van der Waals surface area contributed by atoms with Gasteiger partial charge in [-0.2, -0.15) is 0 Å². The number of nitro groups is 1. The topological polar surface area (TPSA) is 83.7 Å². The summed E-state index contributed by atoms with van der Waals surface area (Å²) < 4.78 is 0. The van der Waals surface area contributed by atoms with Crippen LogP contribution in [0.5, 0.6) is 0 Å². The van der Waals surface area contributed by atoms with Crippen molar-refractivity contribution in [1.29, 1.82) is 0 Å². The number of nitrogens with zero attached hydrogens (tertiary/aromatic N) is 2. The molecular weight excluding hydrogens is 319 g/mol. The number of benzene rings is 1. The van der Waals surface area contributed by atoms with Gasteiger partial charge in [-0.3, -0.25) is 10.1 Å². The molecule has 0 aliphatic carbocycles. The summed E-state index contributed by atoms with van der Waals surface area (Å²) in [6, 6.07) is 2.54. The zero-order chi connectivity index (χ0) is 15.8. The van der Waals surface area contributed by atoms with E-state index in [1.54, 1.807) is 11.8 Å². The van der Waals surface area contributed by atoms with Gasteiger partial charge in [0.1, 0.15) is 11.2 Å². The molecule has 0 amide bonds. The molecule has 2 rings (SSSR count). The number of rotatable bonds is 4. The molecule has 1 N–H and O–H groups in total. The van der Waals surface area contributed by atoms with Crippen LogP contribution in [0.4, 0.5) is 11.4 Å². The summed E-state index contributed by atoms with van der Waals surface area (Å²) in [6.45, 7) is 2.19. The second-order valence-corrected chi connectivity index (χ2v) is 5.77. The van der Waals surface area contributed by atoms with Crippen LogP contribution in [0.25, 0.3) is 0 Å². The Morgan fingerprint density at radius 1 is 1.48 bits per heavy atom. The highest BCUT2D eigenvalue weighted by Crippen LogP contribution is 2.43. The van der Waals surface area contributed by atoms with Gasteiger partial charge in [-0.25, -0.2) is 4.79 Å². The highest BCUT2D eigenvalue weighted by atomic mass is 35.5. The van der Waals surface area contributed by atoms with E-state index in [0.29, 0.717) is 25.8 Å². The lowest BCUT2D eigenvalue weighted by Gasteiger charge is -2.35. The van der Waals surface area contributed by atoms with Crippen molar-refractivity contribution in [2.45, 2.75) is 31.7 Å². The number of anilines is 1. The molecule has 21 heavy (non-hydrogen) atoms. The van der Waals surface area contributed by atoms with Gasteiger partial charge in [0.05, 0.1) is 15.0 Å². The van der Waals surface area contributed by atoms with Crippen LogP contribution < -0.4 is 4.90 Å². The van der Waals surface area contributed by atoms with E-state index in [0.717, 1.165) is 0 Å². The summed E-state index contributed by atoms with van der Waals surface area (Å²) in [5.41, 5.74) is -1.16. The zero-order valence-electron chi connectivity index (χ0n) is 11.3. The maximum atomic E-state index is 11.7. The highest BCUT2D eigenvalue weighted by molar-refractivity contribution is 6.42. The van der Waals surface area contributed by atoms with Gasteiger partial charge in [-0.1, -0.05) is 30.1 Å². The molecule has 8 heteroatoms. The maximum Gasteiger partial charge on any atom is 0.329 e. The van der Waals surface area contributed by atoms with Crippen molar-refractivity contribution in [3.63, 3.8) is 0 Å². The Morgan fingerprint density at radius 3 is 2.62 bits per heavy atom. The minimum atomic E-state index is -1.14. The molecule has 0 aromatic heterocycles. The summed E-state index contributed by atoms with van der Waals surface area (Å²) >= 11 is 11.8. The van der Waals surface area contributed by atoms with E-state index in [1.165, 1.54) is 12.1 Å². The Bertz CT molecular complexity index is 608. The van der Waals surface area contributed by atoms with Gasteiger partial charge in [0.25, 0.3) is 5.69 Å². The smallest absolute Gasteiger partial charge is 0.329 e. The fraction of sp³-hybridized carbons (Fsp3) is 0.462. The summed E-state index contributed by atoms with van der Waals surface area (Å²) in [6.07, 6.45) is 1.44. The van der Waals surface area contributed by atoms with Crippen LogP contribution in [0.15, 0.2) is 12.1 Å². The van der Waals surface area contributed by atoms with Crippen LogP contribution >= 0.6 is 23.2 Å². The predicted molar refractivity (Wildman–Crippen MR) is 80.4 cm³/mol. The number of hydrogen-bond acceptors (Lipinski definition) is 4. The lowest BCUT2D eigenvalue weighted by molar-refractivity contribution is -0.384. The average molecular weight is 333 g/mol. The molecule has 1 fully saturated rings. The van der Waals surface area contributed by atoms with Crippen LogP contribution in [0.1, 0.15) is 26.2 Å². The highest BCUT2D eigenvalue weighted by Gasteiger charge is 2.48. The number of carboxylic acid groups (broad SMARTS) is 1. The molecule has 0 saturated carbocycles. The molecule has 1 aliphatic heterocycles. The molecule has 6 nitrogen and oxygen atoms in total. The third-order valence-electron chi connectivity index (χ3n) is 3.98. The van der Waals surface area contributed by atoms with E-state index in [1.807, 2.05) is 0 Å². The van der Waals surface area contributed by atoms with E-state index in [9.17, 15) is 20.0 Å². The molecule has 1 saturated heterocycles. The lowest BCUT2D eigenvalue weighted by atomic mass is 9.92. The van der Waals surface area contributed by atoms with Gasteiger partial charge < -0.3 is 10.0 Å². The van der Waals surface area contributed by atoms with Crippen molar-refractivity contribution >= 4 is 40.5 Å². The first-order valence-electron chi connectivity index (χ1n) is 6.48. The number of nitro benzene ring substituents is 1. The normalized spacial score (nSPS) is 21.6. The van der Waals surface area contributed by atoms with Gasteiger partial charge >= 0.3 is 5.97 Å². The first-order chi connectivity index (χ1) is 9.83. The van der Waals surface area contributed by atoms with Gasteiger partial charge in [0.15, 0.2) is 0 Å². The van der Waals surface area contributed by atoms with E-state index in [-0.39, 0.29) is 21.4 Å². The molecule has 0 radical (unpaired) electrons. The van der Waals surface area contributed by atoms with Crippen molar-refractivity contribution in [3.8, 4) is 0 Å². The summed E-state index contributed by atoms with van der Waals surface area (Å²) in [5, 5.41) is 21.1. The largest absolute Gasteiger partial charge is 0.479 e. The monoisotopic (exact) mass is 332 g/mol. The number of halogens is 2. The van der Waals surface area contributed by atoms with E-state index < -0.39 is 16.4 Å². The first-order valence-corrected chi connectivity index (χ1v) is 7.23. The summed E-state index contributed by atoms with van der Waals surface area (Å²) in [4.78, 5) is 23.9. The molecule has 114 valence electrons. The number of carbonyl (C=O) groups is 1. The summed E-state index contributed by atoms with van der Waals surface area (Å²) in [5.74, 6) is -0.983. The second kappa shape index (κ2) is 5.69. The maximum absolute atomic E-state index is 11.7. The molecule has 0 spiro atoms. The SMILES string of the molecule is CCC1(C(=O)O)CCCN1c1cc(Cl)c(Cl)cc1[N+](=O)[O-]. The average Bonchev–Trinajstić information content (AvgIpc) is 2.86. The molecular formula is C13H14Cl2N2O4. The zero-order valence-corrected chi connectivity index (χ0v) is 12.8. The van der Waals surface area contributed by atoms with Crippen LogP contribution in [-0.2, 0) is 4.79 Å². The van der Waals surface area contributed by atoms with Crippen molar-refractivity contribution in [1.82, 2.24) is 0 Å². The summed E-state index contributed by atoms with van der Waals surface area (Å²) in [7, 11) is 0. The van der Waals surface area contributed by atoms with Gasteiger partial charge in [0.2, 0.25) is 0 Å². The van der Waals surface area contributed by atoms with Crippen LogP contribution in [0, 0.1) is 10.1 Å². The predicted octanol–water partition coefficient (Wildman–Crippen LogP) is 3.74. The first kappa shape index (κ1) is 15.9. The molecule has 1 unspecified atom stereocenters. The van der Waals surface area contributed by atoms with Gasteiger partial charge in [0, 0.05) is 12.6 Å². The second-order valence-electron chi connectivity index (χ2n) is 4.96. The van der Waals surface area contributed by atoms with Crippen molar-refractivity contribution < 1.29 is 14.8 Å². The fourth-order valence-electron chi connectivity index (χ4n) is 2.86. The minimum absolute atomic E-state index is 0.0729. The molecule has 1 aliphatic rings. The third-order valence-corrected chi connectivity index (χ3v) is 4.70. The standard InChI is InChI=1S/C13H14Cl2N2O4/c1-2-13(12(18)19)4-3-5-16(13)10-6-8(14)9(15)7-11(10)17(20)21/h6-7H,2-5H2,1H3,(H,18,19). The minimum Gasteiger partial charge on any atom is -0.479 e. The van der Waals surface area contributed by atoms with Gasteiger partial charge in [-0.15, -0.1) is 0 Å². The molecule has 1 heterocycles. The molecule has 1 atom stereocenters. The fourth-order valence-corrected chi connectivity index (χ4v) is 3.17.